The number of aromatic nitrogens is 2. The highest BCUT2D eigenvalue weighted by Crippen LogP contribution is 2.23. The van der Waals surface area contributed by atoms with E-state index < -0.39 is 5.91 Å². The Balaban J connectivity index is 1.45. The van der Waals surface area contributed by atoms with E-state index in [2.05, 4.69) is 10.6 Å². The van der Waals surface area contributed by atoms with Gasteiger partial charge in [0.25, 0.3) is 5.91 Å². The minimum atomic E-state index is -0.396. The number of amides is 2. The van der Waals surface area contributed by atoms with Gasteiger partial charge in [-0.2, -0.15) is 5.10 Å². The zero-order valence-electron chi connectivity index (χ0n) is 17.2. The van der Waals surface area contributed by atoms with Crippen molar-refractivity contribution >= 4 is 23.4 Å². The van der Waals surface area contributed by atoms with Crippen molar-refractivity contribution < 1.29 is 9.59 Å². The van der Waals surface area contributed by atoms with Gasteiger partial charge in [-0.15, -0.1) is 0 Å². The van der Waals surface area contributed by atoms with Crippen molar-refractivity contribution in [3.63, 3.8) is 0 Å². The molecule has 0 aliphatic rings. The highest BCUT2D eigenvalue weighted by molar-refractivity contribution is 6.33. The summed E-state index contributed by atoms with van der Waals surface area (Å²) in [6.07, 6.45) is 1.90. The van der Waals surface area contributed by atoms with E-state index in [0.717, 1.165) is 22.5 Å². The van der Waals surface area contributed by atoms with Crippen molar-refractivity contribution in [1.29, 1.82) is 0 Å². The fourth-order valence-corrected chi connectivity index (χ4v) is 3.47. The monoisotopic (exact) mass is 444 g/mol. The van der Waals surface area contributed by atoms with Gasteiger partial charge >= 0.3 is 0 Å². The highest BCUT2D eigenvalue weighted by atomic mass is 35.5. The second-order valence-corrected chi connectivity index (χ2v) is 7.50. The second-order valence-electron chi connectivity index (χ2n) is 7.09. The molecule has 0 saturated carbocycles. The molecule has 0 saturated heterocycles. The van der Waals surface area contributed by atoms with Gasteiger partial charge in [0, 0.05) is 23.9 Å². The number of hydrogen-bond donors (Lipinski definition) is 2. The zero-order valence-corrected chi connectivity index (χ0v) is 17.9. The summed E-state index contributed by atoms with van der Waals surface area (Å²) in [5, 5.41) is 10.5. The Kier molecular flexibility index (Phi) is 6.63. The van der Waals surface area contributed by atoms with Crippen molar-refractivity contribution in [3.05, 3.63) is 107 Å². The zero-order chi connectivity index (χ0) is 22.3. The molecule has 0 bridgehead atoms. The van der Waals surface area contributed by atoms with Gasteiger partial charge in [0.05, 0.1) is 28.5 Å². The van der Waals surface area contributed by atoms with Crippen molar-refractivity contribution in [2.75, 3.05) is 6.54 Å². The Morgan fingerprint density at radius 1 is 0.844 bits per heavy atom. The lowest BCUT2D eigenvalue weighted by Crippen LogP contribution is -2.36. The third-order valence-corrected chi connectivity index (χ3v) is 5.19. The summed E-state index contributed by atoms with van der Waals surface area (Å²) < 4.78 is 1.79. The number of nitrogens with zero attached hydrogens (tertiary/aromatic N) is 2. The summed E-state index contributed by atoms with van der Waals surface area (Å²) in [4.78, 5) is 24.6. The van der Waals surface area contributed by atoms with Gasteiger partial charge in [-0.3, -0.25) is 9.59 Å². The fourth-order valence-electron chi connectivity index (χ4n) is 3.25. The molecular weight excluding hydrogens is 424 g/mol. The predicted molar refractivity (Wildman–Crippen MR) is 125 cm³/mol. The lowest BCUT2D eigenvalue weighted by Gasteiger charge is -2.08. The molecule has 0 aliphatic heterocycles. The Hall–Kier alpha value is -3.90. The van der Waals surface area contributed by atoms with Crippen LogP contribution in [0.2, 0.25) is 5.02 Å². The van der Waals surface area contributed by atoms with Crippen LogP contribution in [-0.4, -0.2) is 28.1 Å². The van der Waals surface area contributed by atoms with Gasteiger partial charge in [0.15, 0.2) is 0 Å². The molecule has 1 heterocycles. The van der Waals surface area contributed by atoms with Crippen molar-refractivity contribution in [2.24, 2.45) is 0 Å². The lowest BCUT2D eigenvalue weighted by molar-refractivity contribution is -0.120. The van der Waals surface area contributed by atoms with Crippen LogP contribution in [0.25, 0.3) is 16.9 Å². The molecule has 0 atom stereocenters. The van der Waals surface area contributed by atoms with Crippen LogP contribution in [0.4, 0.5) is 0 Å². The molecule has 0 fully saturated rings. The molecular formula is C25H21ClN4O2. The maximum atomic E-state index is 12.4. The van der Waals surface area contributed by atoms with Crippen molar-refractivity contribution in [1.82, 2.24) is 20.4 Å². The molecule has 2 amide bonds. The number of hydrogen-bond acceptors (Lipinski definition) is 3. The molecule has 0 radical (unpaired) electrons. The maximum absolute atomic E-state index is 12.4. The largest absolute Gasteiger partial charge is 0.350 e. The van der Waals surface area contributed by atoms with E-state index in [-0.39, 0.29) is 19.0 Å². The van der Waals surface area contributed by atoms with Crippen molar-refractivity contribution in [2.45, 2.75) is 6.54 Å². The van der Waals surface area contributed by atoms with Crippen LogP contribution in [0.1, 0.15) is 15.9 Å². The molecule has 0 aliphatic carbocycles. The van der Waals surface area contributed by atoms with Crippen LogP contribution in [0.3, 0.4) is 0 Å². The molecule has 4 aromatic rings. The van der Waals surface area contributed by atoms with Gasteiger partial charge in [0.2, 0.25) is 5.91 Å². The molecule has 160 valence electrons. The molecule has 1 aromatic heterocycles. The third kappa shape index (κ3) is 5.04. The van der Waals surface area contributed by atoms with Gasteiger partial charge in [-0.25, -0.2) is 4.68 Å². The van der Waals surface area contributed by atoms with Crippen LogP contribution in [0.15, 0.2) is 91.1 Å². The summed E-state index contributed by atoms with van der Waals surface area (Å²) in [7, 11) is 0. The first-order valence-electron chi connectivity index (χ1n) is 10.1. The Morgan fingerprint density at radius 2 is 1.50 bits per heavy atom. The van der Waals surface area contributed by atoms with Gasteiger partial charge in [-0.05, 0) is 24.3 Å². The van der Waals surface area contributed by atoms with Gasteiger partial charge in [0.1, 0.15) is 0 Å². The maximum Gasteiger partial charge on any atom is 0.253 e. The minimum absolute atomic E-state index is 0.155. The normalized spacial score (nSPS) is 10.5. The average molecular weight is 445 g/mol. The van der Waals surface area contributed by atoms with E-state index in [1.165, 1.54) is 0 Å². The van der Waals surface area contributed by atoms with Crippen molar-refractivity contribution in [3.8, 4) is 16.9 Å². The number of carbonyl (C=O) groups is 2. The topological polar surface area (TPSA) is 76.0 Å². The highest BCUT2D eigenvalue weighted by Gasteiger charge is 2.14. The molecule has 0 unspecified atom stereocenters. The molecule has 7 heteroatoms. The third-order valence-electron chi connectivity index (χ3n) is 4.86. The Morgan fingerprint density at radius 3 is 2.22 bits per heavy atom. The van der Waals surface area contributed by atoms with Crippen LogP contribution >= 0.6 is 11.6 Å². The molecule has 6 nitrogen and oxygen atoms in total. The second kappa shape index (κ2) is 9.94. The van der Waals surface area contributed by atoms with E-state index in [0.29, 0.717) is 10.6 Å². The number of para-hydroxylation sites is 1. The summed E-state index contributed by atoms with van der Waals surface area (Å²) in [5.74, 6) is -0.704. The first-order chi connectivity index (χ1) is 15.6. The predicted octanol–water partition coefficient (Wildman–Crippen LogP) is 4.24. The molecule has 32 heavy (non-hydrogen) atoms. The first-order valence-corrected chi connectivity index (χ1v) is 10.5. The van der Waals surface area contributed by atoms with Crippen LogP contribution in [0.5, 0.6) is 0 Å². The molecule has 4 rings (SSSR count). The van der Waals surface area contributed by atoms with Gasteiger partial charge < -0.3 is 10.6 Å². The minimum Gasteiger partial charge on any atom is -0.350 e. The smallest absolute Gasteiger partial charge is 0.253 e. The molecule has 3 aromatic carbocycles. The lowest BCUT2D eigenvalue weighted by atomic mass is 10.1. The SMILES string of the molecule is O=C(CNC(=O)c1ccccc1Cl)NCc1cn(-c2ccccc2)nc1-c1ccccc1. The van der Waals surface area contributed by atoms with E-state index in [9.17, 15) is 9.59 Å². The average Bonchev–Trinajstić information content (AvgIpc) is 3.27. The summed E-state index contributed by atoms with van der Waals surface area (Å²) in [6.45, 7) is 0.120. The summed E-state index contributed by atoms with van der Waals surface area (Å²) in [6, 6.07) is 26.3. The van der Waals surface area contributed by atoms with E-state index in [1.54, 1.807) is 28.9 Å². The number of benzene rings is 3. The van der Waals surface area contributed by atoms with Crippen LogP contribution in [-0.2, 0) is 11.3 Å². The van der Waals surface area contributed by atoms with Crippen LogP contribution < -0.4 is 10.6 Å². The first kappa shape index (κ1) is 21.3. The Bertz CT molecular complexity index is 1220. The van der Waals surface area contributed by atoms with Crippen LogP contribution in [0, 0.1) is 0 Å². The number of carbonyl (C=O) groups excluding carboxylic acids is 2. The summed E-state index contributed by atoms with van der Waals surface area (Å²) in [5.41, 5.74) is 3.87. The molecule has 2 N–H and O–H groups in total. The van der Waals surface area contributed by atoms with Gasteiger partial charge in [-0.1, -0.05) is 72.3 Å². The quantitative estimate of drug-likeness (QED) is 0.447. The standard InChI is InChI=1S/C25H21ClN4O2/c26-22-14-8-7-13-21(22)25(32)28-16-23(31)27-15-19-17-30(20-11-5-2-6-12-20)29-24(19)18-9-3-1-4-10-18/h1-14,17H,15-16H2,(H,27,31)(H,28,32). The van der Waals surface area contributed by atoms with E-state index in [4.69, 9.17) is 16.7 Å². The Labute approximate surface area is 190 Å². The number of halogens is 1. The number of nitrogens with one attached hydrogen (secondary N) is 2. The van der Waals surface area contributed by atoms with E-state index in [1.807, 2.05) is 66.9 Å². The molecule has 0 spiro atoms. The van der Waals surface area contributed by atoms with E-state index >= 15 is 0 Å². The fraction of sp³-hybridized carbons (Fsp3) is 0.0800. The number of rotatable bonds is 7. The summed E-state index contributed by atoms with van der Waals surface area (Å²) >= 11 is 6.03.